The highest BCUT2D eigenvalue weighted by molar-refractivity contribution is 5.75. The first kappa shape index (κ1) is 49.2. The van der Waals surface area contributed by atoms with Crippen molar-refractivity contribution >= 4 is 0 Å². The summed E-state index contributed by atoms with van der Waals surface area (Å²) in [6, 6.07) is 12.9. The number of benzene rings is 2. The van der Waals surface area contributed by atoms with E-state index in [2.05, 4.69) is 114 Å². The number of aromatic nitrogens is 14. The molecule has 4 aliphatic heterocycles. The minimum absolute atomic E-state index is 0.0754. The molecule has 2 aromatic carbocycles. The van der Waals surface area contributed by atoms with E-state index >= 15 is 0 Å². The lowest BCUT2D eigenvalue weighted by Crippen LogP contribution is -2.24. The molecule has 74 heavy (non-hydrogen) atoms. The molecule has 388 valence electrons. The van der Waals surface area contributed by atoms with Gasteiger partial charge in [-0.05, 0) is 104 Å². The van der Waals surface area contributed by atoms with Crippen LogP contribution in [0.25, 0.3) is 68.3 Å². The molecule has 0 amide bonds. The first-order valence-corrected chi connectivity index (χ1v) is 26.2. The number of ether oxygens (including phenoxy) is 6. The van der Waals surface area contributed by atoms with Crippen molar-refractivity contribution in [2.75, 3.05) is 39.6 Å². The Morgan fingerprint density at radius 3 is 1.69 bits per heavy atom. The van der Waals surface area contributed by atoms with E-state index in [4.69, 9.17) is 43.4 Å². The maximum absolute atomic E-state index is 6.19. The first-order chi connectivity index (χ1) is 36.1. The maximum Gasteiger partial charge on any atom is 0.178 e. The molecule has 8 aromatic rings. The van der Waals surface area contributed by atoms with Crippen molar-refractivity contribution in [2.45, 2.75) is 131 Å². The minimum atomic E-state index is -0.0927. The Kier molecular flexibility index (Phi) is 14.5. The minimum Gasteiger partial charge on any atom is -0.491 e. The van der Waals surface area contributed by atoms with Gasteiger partial charge in [0, 0.05) is 68.1 Å². The normalized spacial score (nSPS) is 17.4. The molecule has 0 radical (unpaired) electrons. The molecular weight excluding hydrogens is 941 g/mol. The summed E-state index contributed by atoms with van der Waals surface area (Å²) >= 11 is 0. The van der Waals surface area contributed by atoms with Crippen LogP contribution in [0.3, 0.4) is 0 Å². The average Bonchev–Trinajstić information content (AvgIpc) is 4.29. The summed E-state index contributed by atoms with van der Waals surface area (Å²) in [6.45, 7) is 19.1. The van der Waals surface area contributed by atoms with Crippen LogP contribution >= 0.6 is 0 Å². The molecule has 20 nitrogen and oxygen atoms in total. The Morgan fingerprint density at radius 1 is 0.581 bits per heavy atom. The first-order valence-electron chi connectivity index (χ1n) is 26.2. The Labute approximate surface area is 430 Å². The van der Waals surface area contributed by atoms with Gasteiger partial charge in [0.15, 0.2) is 24.2 Å². The summed E-state index contributed by atoms with van der Waals surface area (Å²) in [6.07, 6.45) is 17.6. The molecule has 2 fully saturated rings. The van der Waals surface area contributed by atoms with Crippen LogP contribution in [0.4, 0.5) is 0 Å². The predicted octanol–water partition coefficient (Wildman–Crippen LogP) is 8.99. The average molecular weight is 1010 g/mol. The number of rotatable bonds is 14. The van der Waals surface area contributed by atoms with Crippen LogP contribution in [0, 0.1) is 13.8 Å². The second-order valence-corrected chi connectivity index (χ2v) is 19.7. The van der Waals surface area contributed by atoms with Crippen LogP contribution < -0.4 is 9.47 Å². The highest BCUT2D eigenvalue weighted by Gasteiger charge is 2.26. The quantitative estimate of drug-likeness (QED) is 0.100. The molecule has 2 saturated heterocycles. The molecule has 0 bridgehead atoms. The number of aryl methyl sites for hydroxylation is 2. The molecule has 0 N–H and O–H groups in total. The highest BCUT2D eigenvalue weighted by atomic mass is 16.7. The topological polar surface area (TPSA) is 188 Å². The molecule has 12 rings (SSSR count). The van der Waals surface area contributed by atoms with Crippen molar-refractivity contribution in [3.8, 4) is 79.8 Å². The Morgan fingerprint density at radius 2 is 1.14 bits per heavy atom. The number of nitrogens with zero attached hydrogens (tertiary/aromatic N) is 14. The molecule has 0 aliphatic carbocycles. The van der Waals surface area contributed by atoms with Crippen LogP contribution in [0.5, 0.6) is 11.5 Å². The standard InChI is InChI=1S/2C27H33N7O3/c1-18(2)34-27(28-17-29-34)23-16-33-10-12-35-24-14-20(7-8-21(24)26(33)31-23)22-15-32(19(3)30-22)9-13-37-25-6-4-5-11-36-25;1-18(2)34-27(29-17-30-34)22-16-32-9-12-35-24-14-20(7-8-21(24)26(32)31-22)23-15-28-19(3)33(23)10-13-37-25-6-4-5-11-36-25/h2*7-8,14-18,25H,4-6,9-13H2,1-3H3. The van der Waals surface area contributed by atoms with Crippen LogP contribution in [0.2, 0.25) is 0 Å². The summed E-state index contributed by atoms with van der Waals surface area (Å²) in [5, 5.41) is 8.74. The summed E-state index contributed by atoms with van der Waals surface area (Å²) < 4.78 is 48.0. The summed E-state index contributed by atoms with van der Waals surface area (Å²) in [5.41, 5.74) is 7.56. The smallest absolute Gasteiger partial charge is 0.178 e. The van der Waals surface area contributed by atoms with Crippen molar-refractivity contribution in [1.82, 2.24) is 67.7 Å². The SMILES string of the molecule is Cc1nc(-c2ccc3c(c2)OCCn2cc(-c4ncnn4C(C)C)nc2-3)cn1CCOC1CCCCO1.Cc1ncc(-c2ccc3c(c2)OCCn2cc(-c4ncnn4C(C)C)nc2-3)n1CCOC1CCCCO1. The number of imidazole rings is 4. The van der Waals surface area contributed by atoms with Crippen molar-refractivity contribution < 1.29 is 28.4 Å². The molecule has 2 unspecified atom stereocenters. The predicted molar refractivity (Wildman–Crippen MR) is 276 cm³/mol. The monoisotopic (exact) mass is 1010 g/mol. The number of hydrogen-bond acceptors (Lipinski definition) is 14. The van der Waals surface area contributed by atoms with E-state index in [0.29, 0.717) is 46.1 Å². The van der Waals surface area contributed by atoms with Gasteiger partial charge < -0.3 is 46.7 Å². The van der Waals surface area contributed by atoms with Gasteiger partial charge in [0.05, 0.1) is 55.0 Å². The fraction of sp³-hybridized carbons (Fsp3) is 0.481. The molecule has 2 atom stereocenters. The van der Waals surface area contributed by atoms with Crippen molar-refractivity contribution in [1.29, 1.82) is 0 Å². The van der Waals surface area contributed by atoms with E-state index in [-0.39, 0.29) is 24.7 Å². The van der Waals surface area contributed by atoms with Crippen molar-refractivity contribution in [3.05, 3.63) is 85.5 Å². The van der Waals surface area contributed by atoms with Gasteiger partial charge in [0.25, 0.3) is 0 Å². The summed E-state index contributed by atoms with van der Waals surface area (Å²) in [5.74, 6) is 6.82. The zero-order valence-electron chi connectivity index (χ0n) is 43.3. The fourth-order valence-electron chi connectivity index (χ4n) is 10.0. The lowest BCUT2D eigenvalue weighted by molar-refractivity contribution is -0.163. The van der Waals surface area contributed by atoms with Gasteiger partial charge in [0.1, 0.15) is 72.1 Å². The molecule has 6 aromatic heterocycles. The maximum atomic E-state index is 6.19. The lowest BCUT2D eigenvalue weighted by atomic mass is 10.1. The molecule has 0 saturated carbocycles. The van der Waals surface area contributed by atoms with Crippen LogP contribution in [-0.2, 0) is 45.1 Å². The van der Waals surface area contributed by atoms with Gasteiger partial charge in [-0.1, -0.05) is 12.1 Å². The van der Waals surface area contributed by atoms with Crippen LogP contribution in [-0.4, -0.2) is 120 Å². The largest absolute Gasteiger partial charge is 0.491 e. The third-order valence-electron chi connectivity index (χ3n) is 13.9. The van der Waals surface area contributed by atoms with Gasteiger partial charge in [-0.25, -0.2) is 39.3 Å². The van der Waals surface area contributed by atoms with Crippen molar-refractivity contribution in [2.24, 2.45) is 0 Å². The molecule has 20 heteroatoms. The Bertz CT molecular complexity index is 3180. The molecular formula is C54H66N14O6. The second kappa shape index (κ2) is 21.8. The van der Waals surface area contributed by atoms with E-state index in [9.17, 15) is 0 Å². The third kappa shape index (κ3) is 10.4. The Balaban J connectivity index is 0.000000159. The van der Waals surface area contributed by atoms with Crippen LogP contribution in [0.15, 0.2) is 73.8 Å². The summed E-state index contributed by atoms with van der Waals surface area (Å²) in [7, 11) is 0. The van der Waals surface area contributed by atoms with Gasteiger partial charge in [-0.2, -0.15) is 10.2 Å². The van der Waals surface area contributed by atoms with Gasteiger partial charge in [0.2, 0.25) is 0 Å². The van der Waals surface area contributed by atoms with Gasteiger partial charge in [-0.3, -0.25) is 0 Å². The van der Waals surface area contributed by atoms with Crippen LogP contribution in [0.1, 0.15) is 90.0 Å². The highest BCUT2D eigenvalue weighted by Crippen LogP contribution is 2.39. The number of fused-ring (bicyclic) bond motifs is 6. The second-order valence-electron chi connectivity index (χ2n) is 19.7. The molecule has 4 aliphatic rings. The van der Waals surface area contributed by atoms with E-state index in [1.165, 1.54) is 6.42 Å². The molecule has 10 heterocycles. The van der Waals surface area contributed by atoms with Crippen molar-refractivity contribution in [3.63, 3.8) is 0 Å². The zero-order valence-corrected chi connectivity index (χ0v) is 43.3. The lowest BCUT2D eigenvalue weighted by Gasteiger charge is -2.23. The summed E-state index contributed by atoms with van der Waals surface area (Å²) in [4.78, 5) is 28.2. The van der Waals surface area contributed by atoms with E-state index in [0.717, 1.165) is 143 Å². The zero-order chi connectivity index (χ0) is 50.7. The third-order valence-corrected chi connectivity index (χ3v) is 13.9. The van der Waals surface area contributed by atoms with Gasteiger partial charge >= 0.3 is 0 Å². The van der Waals surface area contributed by atoms with Gasteiger partial charge in [-0.15, -0.1) is 0 Å². The van der Waals surface area contributed by atoms with E-state index < -0.39 is 0 Å². The van der Waals surface area contributed by atoms with E-state index in [1.54, 1.807) is 12.7 Å². The number of hydrogen-bond donors (Lipinski definition) is 0. The van der Waals surface area contributed by atoms with E-state index in [1.807, 2.05) is 41.8 Å². The Hall–Kier alpha value is -7.00. The fourth-order valence-corrected chi connectivity index (χ4v) is 10.0. The molecule has 0 spiro atoms.